The molecule has 0 saturated heterocycles. The van der Waals surface area contributed by atoms with Crippen molar-refractivity contribution >= 4 is 13.8 Å². The Balaban J connectivity index is 2.51. The smallest absolute Gasteiger partial charge is 0.416 e. The van der Waals surface area contributed by atoms with Crippen molar-refractivity contribution < 1.29 is 22.6 Å². The Bertz CT molecular complexity index is 395. The van der Waals surface area contributed by atoms with Crippen LogP contribution in [0.2, 0.25) is 5.82 Å². The summed E-state index contributed by atoms with van der Waals surface area (Å²) in [5.74, 6) is -0.411. The van der Waals surface area contributed by atoms with Gasteiger partial charge < -0.3 is 15.2 Å². The summed E-state index contributed by atoms with van der Waals surface area (Å²) in [6.45, 7) is -0.00931. The molecule has 0 aliphatic carbocycles. The van der Waals surface area contributed by atoms with E-state index in [1.54, 1.807) is 0 Å². The van der Waals surface area contributed by atoms with Crippen LogP contribution in [0.3, 0.4) is 0 Å². The fourth-order valence-electron chi connectivity index (χ4n) is 1.54. The molecule has 1 atom stereocenters. The van der Waals surface area contributed by atoms with Gasteiger partial charge in [0, 0.05) is 5.82 Å². The number of aldehydes is 1. The van der Waals surface area contributed by atoms with Crippen molar-refractivity contribution in [2.75, 3.05) is 6.73 Å². The van der Waals surface area contributed by atoms with Crippen molar-refractivity contribution in [2.45, 2.75) is 24.8 Å². The molecule has 1 aromatic rings. The van der Waals surface area contributed by atoms with E-state index < -0.39 is 17.6 Å². The molecule has 0 unspecified atom stereocenters. The maximum Gasteiger partial charge on any atom is 0.416 e. The van der Waals surface area contributed by atoms with E-state index in [9.17, 15) is 18.0 Å². The van der Waals surface area contributed by atoms with E-state index in [1.807, 2.05) is 0 Å². The van der Waals surface area contributed by atoms with Gasteiger partial charge in [-0.05, 0) is 30.5 Å². The van der Waals surface area contributed by atoms with Gasteiger partial charge in [0.25, 0.3) is 0 Å². The molecule has 0 heterocycles. The maximum absolute atomic E-state index is 12.3. The quantitative estimate of drug-likeness (QED) is 0.470. The van der Waals surface area contributed by atoms with Crippen LogP contribution in [0.1, 0.15) is 17.5 Å². The number of hydrogen-bond acceptors (Lipinski definition) is 3. The monoisotopic (exact) mass is 272 g/mol. The number of alkyl halides is 3. The zero-order valence-corrected chi connectivity index (χ0v) is 10.2. The first-order chi connectivity index (χ1) is 8.97. The number of rotatable bonds is 7. The normalized spacial score (nSPS) is 13.1. The third-order valence-corrected chi connectivity index (χ3v) is 2.59. The highest BCUT2D eigenvalue weighted by atomic mass is 19.4. The second kappa shape index (κ2) is 7.30. The number of aryl methyl sites for hydroxylation is 1. The summed E-state index contributed by atoms with van der Waals surface area (Å²) in [5, 5.41) is 0. The van der Waals surface area contributed by atoms with Gasteiger partial charge in [0.2, 0.25) is 0 Å². The fraction of sp³-hybridized carbons (Fsp3) is 0.417. The van der Waals surface area contributed by atoms with Crippen LogP contribution in [0.4, 0.5) is 13.2 Å². The third kappa shape index (κ3) is 5.44. The molecule has 0 saturated carbocycles. The first-order valence-corrected chi connectivity index (χ1v) is 5.74. The fourth-order valence-corrected chi connectivity index (χ4v) is 1.54. The second-order valence-corrected chi connectivity index (χ2v) is 4.00. The van der Waals surface area contributed by atoms with Gasteiger partial charge in [-0.1, -0.05) is 12.1 Å². The van der Waals surface area contributed by atoms with E-state index in [0.717, 1.165) is 24.0 Å². The third-order valence-electron chi connectivity index (χ3n) is 2.59. The SMILES string of the molecule is NCO[B][C@@H](C=O)CCc1ccc(C(F)(F)F)cc1. The predicted molar refractivity (Wildman–Crippen MR) is 65.5 cm³/mol. The molecule has 0 bridgehead atoms. The van der Waals surface area contributed by atoms with Crippen LogP contribution in [0.25, 0.3) is 0 Å². The van der Waals surface area contributed by atoms with Gasteiger partial charge >= 0.3 is 13.7 Å². The van der Waals surface area contributed by atoms with E-state index in [4.69, 9.17) is 10.4 Å². The Morgan fingerprint density at radius 1 is 1.32 bits per heavy atom. The van der Waals surface area contributed by atoms with Crippen LogP contribution in [-0.4, -0.2) is 20.5 Å². The second-order valence-electron chi connectivity index (χ2n) is 4.00. The van der Waals surface area contributed by atoms with Gasteiger partial charge in [-0.2, -0.15) is 13.2 Å². The minimum atomic E-state index is -4.33. The van der Waals surface area contributed by atoms with E-state index in [0.29, 0.717) is 12.8 Å². The summed E-state index contributed by atoms with van der Waals surface area (Å²) in [5.41, 5.74) is 5.18. The molecule has 1 radical (unpaired) electrons. The lowest BCUT2D eigenvalue weighted by molar-refractivity contribution is -0.137. The molecule has 1 aromatic carbocycles. The Hall–Kier alpha value is -1.34. The molecule has 0 aliphatic rings. The van der Waals surface area contributed by atoms with E-state index in [1.165, 1.54) is 19.6 Å². The van der Waals surface area contributed by atoms with Gasteiger partial charge in [-0.15, -0.1) is 0 Å². The molecule has 19 heavy (non-hydrogen) atoms. The zero-order valence-electron chi connectivity index (χ0n) is 10.2. The van der Waals surface area contributed by atoms with Crippen LogP contribution in [-0.2, 0) is 22.0 Å². The lowest BCUT2D eigenvalue weighted by Crippen LogP contribution is -2.15. The van der Waals surface area contributed by atoms with Crippen LogP contribution in [0.5, 0.6) is 0 Å². The summed E-state index contributed by atoms with van der Waals surface area (Å²) in [4.78, 5) is 10.7. The van der Waals surface area contributed by atoms with Gasteiger partial charge in [-0.25, -0.2) is 0 Å². The number of halogens is 3. The molecule has 0 fully saturated rings. The van der Waals surface area contributed by atoms with Crippen LogP contribution >= 0.6 is 0 Å². The van der Waals surface area contributed by atoms with Crippen LogP contribution in [0.15, 0.2) is 24.3 Å². The molecule has 0 spiro atoms. The number of carbonyl (C=O) groups excluding carboxylic acids is 1. The number of nitrogens with two attached hydrogens (primary N) is 1. The molecule has 7 heteroatoms. The minimum absolute atomic E-state index is 0.00931. The molecular formula is C12H14BF3NO2. The number of benzene rings is 1. The van der Waals surface area contributed by atoms with Crippen molar-refractivity contribution in [3.8, 4) is 0 Å². The van der Waals surface area contributed by atoms with E-state index >= 15 is 0 Å². The van der Waals surface area contributed by atoms with E-state index in [2.05, 4.69) is 0 Å². The van der Waals surface area contributed by atoms with Crippen molar-refractivity contribution in [2.24, 2.45) is 5.73 Å². The summed E-state index contributed by atoms with van der Waals surface area (Å²) in [7, 11) is 1.34. The molecule has 103 valence electrons. The van der Waals surface area contributed by atoms with Gasteiger partial charge in [0.1, 0.15) is 6.29 Å². The standard InChI is InChI=1S/C12H14BF3NO2/c14-12(15,16)10-4-1-9(2-5-10)3-6-11(7-18)13-19-8-17/h1-2,4-5,7,11H,3,6,8,17H2/t11-/m1/s1. The minimum Gasteiger partial charge on any atom is -0.428 e. The van der Waals surface area contributed by atoms with Crippen molar-refractivity contribution in [3.63, 3.8) is 0 Å². The molecule has 0 aliphatic heterocycles. The summed E-state index contributed by atoms with van der Waals surface area (Å²) < 4.78 is 41.9. The Morgan fingerprint density at radius 2 is 1.95 bits per heavy atom. The molecule has 3 nitrogen and oxygen atoms in total. The predicted octanol–water partition coefficient (Wildman–Crippen LogP) is 2.18. The molecule has 1 rings (SSSR count). The highest BCUT2D eigenvalue weighted by Gasteiger charge is 2.29. The van der Waals surface area contributed by atoms with Gasteiger partial charge in [-0.3, -0.25) is 0 Å². The van der Waals surface area contributed by atoms with E-state index in [-0.39, 0.29) is 6.73 Å². The average molecular weight is 272 g/mol. The van der Waals surface area contributed by atoms with Crippen molar-refractivity contribution in [1.29, 1.82) is 0 Å². The van der Waals surface area contributed by atoms with Gasteiger partial charge in [0.05, 0.1) is 12.3 Å². The molecule has 0 aromatic heterocycles. The van der Waals surface area contributed by atoms with Crippen LogP contribution < -0.4 is 5.73 Å². The molecule has 0 amide bonds. The maximum atomic E-state index is 12.3. The van der Waals surface area contributed by atoms with Crippen molar-refractivity contribution in [1.82, 2.24) is 0 Å². The largest absolute Gasteiger partial charge is 0.428 e. The lowest BCUT2D eigenvalue weighted by atomic mass is 9.77. The Morgan fingerprint density at radius 3 is 2.42 bits per heavy atom. The van der Waals surface area contributed by atoms with Crippen LogP contribution in [0, 0.1) is 0 Å². The summed E-state index contributed by atoms with van der Waals surface area (Å²) in [6, 6.07) is 4.89. The highest BCUT2D eigenvalue weighted by Crippen LogP contribution is 2.29. The molecular weight excluding hydrogens is 258 g/mol. The Labute approximate surface area is 110 Å². The zero-order chi connectivity index (χ0) is 14.3. The lowest BCUT2D eigenvalue weighted by Gasteiger charge is -2.10. The van der Waals surface area contributed by atoms with Crippen molar-refractivity contribution in [3.05, 3.63) is 35.4 Å². The number of hydrogen-bond donors (Lipinski definition) is 1. The number of carbonyl (C=O) groups is 1. The summed E-state index contributed by atoms with van der Waals surface area (Å²) in [6.07, 6.45) is -2.65. The first-order valence-electron chi connectivity index (χ1n) is 5.74. The first kappa shape index (κ1) is 15.7. The average Bonchev–Trinajstić information content (AvgIpc) is 2.38. The topological polar surface area (TPSA) is 52.3 Å². The molecule has 2 N–H and O–H groups in total. The highest BCUT2D eigenvalue weighted by molar-refractivity contribution is 6.35. The summed E-state index contributed by atoms with van der Waals surface area (Å²) >= 11 is 0. The van der Waals surface area contributed by atoms with Gasteiger partial charge in [0.15, 0.2) is 0 Å². The Kier molecular flexibility index (Phi) is 6.04.